The highest BCUT2D eigenvalue weighted by Gasteiger charge is 2.23. The van der Waals surface area contributed by atoms with E-state index in [1.54, 1.807) is 0 Å². The summed E-state index contributed by atoms with van der Waals surface area (Å²) in [4.78, 5) is 17.7. The number of aromatic nitrogens is 2. The van der Waals surface area contributed by atoms with Crippen LogP contribution < -0.4 is 5.69 Å². The van der Waals surface area contributed by atoms with E-state index >= 15 is 0 Å². The van der Waals surface area contributed by atoms with Crippen LogP contribution in [0.15, 0.2) is 29.1 Å². The fraction of sp³-hybridized carbons (Fsp3) is 0.611. The maximum Gasteiger partial charge on any atom is 0.326 e. The van der Waals surface area contributed by atoms with Crippen LogP contribution in [0.1, 0.15) is 39.7 Å². The zero-order valence-corrected chi connectivity index (χ0v) is 14.3. The number of hydrogen-bond acceptors (Lipinski definition) is 3. The predicted molar refractivity (Wildman–Crippen MR) is 93.0 cm³/mol. The standard InChI is InChI=1S/C18H27N3O2/c1-18(2,3)23-13-12-20-10-8-14(9-11-20)21-16-7-5-4-6-15(16)19-17(21)22/h4-7,14H,8-13H2,1-3H3,(H,19,22). The number of fused-ring (bicyclic) bond motifs is 1. The zero-order valence-electron chi connectivity index (χ0n) is 14.3. The minimum Gasteiger partial charge on any atom is -0.375 e. The molecule has 0 radical (unpaired) electrons. The van der Waals surface area contributed by atoms with Crippen LogP contribution in [0.3, 0.4) is 0 Å². The molecule has 1 aliphatic heterocycles. The fourth-order valence-electron chi connectivity index (χ4n) is 3.32. The van der Waals surface area contributed by atoms with Crippen molar-refractivity contribution < 1.29 is 4.74 Å². The van der Waals surface area contributed by atoms with Gasteiger partial charge in [-0.05, 0) is 45.7 Å². The Hall–Kier alpha value is -1.59. The van der Waals surface area contributed by atoms with E-state index in [1.807, 2.05) is 28.8 Å². The summed E-state index contributed by atoms with van der Waals surface area (Å²) < 4.78 is 7.75. The Morgan fingerprint density at radius 1 is 1.22 bits per heavy atom. The lowest BCUT2D eigenvalue weighted by Crippen LogP contribution is -2.39. The predicted octanol–water partition coefficient (Wildman–Crippen LogP) is 2.78. The average Bonchev–Trinajstić information content (AvgIpc) is 2.83. The normalized spacial score (nSPS) is 17.9. The summed E-state index contributed by atoms with van der Waals surface area (Å²) in [5.74, 6) is 0. The molecule has 0 amide bonds. The minimum absolute atomic E-state index is 0.0146. The van der Waals surface area contributed by atoms with Gasteiger partial charge in [-0.2, -0.15) is 0 Å². The molecule has 0 spiro atoms. The van der Waals surface area contributed by atoms with Gasteiger partial charge in [-0.25, -0.2) is 4.79 Å². The third kappa shape index (κ3) is 3.85. The first-order chi connectivity index (χ1) is 10.9. The van der Waals surface area contributed by atoms with E-state index in [1.165, 1.54) is 0 Å². The first kappa shape index (κ1) is 16.3. The van der Waals surface area contributed by atoms with Crippen LogP contribution in [-0.4, -0.2) is 46.3 Å². The van der Waals surface area contributed by atoms with Gasteiger partial charge in [0.15, 0.2) is 0 Å². The topological polar surface area (TPSA) is 50.3 Å². The molecule has 23 heavy (non-hydrogen) atoms. The molecule has 0 aliphatic carbocycles. The van der Waals surface area contributed by atoms with Crippen molar-refractivity contribution >= 4 is 11.0 Å². The Morgan fingerprint density at radius 2 is 1.91 bits per heavy atom. The quantitative estimate of drug-likeness (QED) is 0.943. The van der Waals surface area contributed by atoms with Crippen molar-refractivity contribution in [1.29, 1.82) is 0 Å². The maximum atomic E-state index is 12.3. The molecule has 2 heterocycles. The SMILES string of the molecule is CC(C)(C)OCCN1CCC(n2c(=O)[nH]c3ccccc32)CC1. The number of likely N-dealkylation sites (tertiary alicyclic amines) is 1. The van der Waals surface area contributed by atoms with Crippen LogP contribution in [0.25, 0.3) is 11.0 Å². The number of benzene rings is 1. The minimum atomic E-state index is -0.0737. The highest BCUT2D eigenvalue weighted by atomic mass is 16.5. The molecule has 126 valence electrons. The molecule has 1 N–H and O–H groups in total. The number of aromatic amines is 1. The molecular weight excluding hydrogens is 290 g/mol. The van der Waals surface area contributed by atoms with E-state index < -0.39 is 0 Å². The van der Waals surface area contributed by atoms with Gasteiger partial charge in [0.05, 0.1) is 23.2 Å². The Kier molecular flexibility index (Phi) is 4.60. The highest BCUT2D eigenvalue weighted by molar-refractivity contribution is 5.75. The summed E-state index contributed by atoms with van der Waals surface area (Å²) in [7, 11) is 0. The van der Waals surface area contributed by atoms with E-state index in [4.69, 9.17) is 4.74 Å². The van der Waals surface area contributed by atoms with Crippen LogP contribution in [0.4, 0.5) is 0 Å². The van der Waals surface area contributed by atoms with Crippen LogP contribution in [-0.2, 0) is 4.74 Å². The Morgan fingerprint density at radius 3 is 2.61 bits per heavy atom. The molecule has 5 nitrogen and oxygen atoms in total. The molecule has 1 aromatic heterocycles. The van der Waals surface area contributed by atoms with E-state index in [2.05, 4.69) is 30.7 Å². The molecule has 0 saturated carbocycles. The number of piperidine rings is 1. The van der Waals surface area contributed by atoms with Gasteiger partial charge in [-0.3, -0.25) is 4.57 Å². The van der Waals surface area contributed by atoms with E-state index in [-0.39, 0.29) is 11.3 Å². The largest absolute Gasteiger partial charge is 0.375 e. The van der Waals surface area contributed by atoms with Crippen LogP contribution in [0.5, 0.6) is 0 Å². The second kappa shape index (κ2) is 6.49. The Labute approximate surface area is 137 Å². The molecule has 3 rings (SSSR count). The number of para-hydroxylation sites is 2. The van der Waals surface area contributed by atoms with Crippen molar-refractivity contribution in [2.75, 3.05) is 26.2 Å². The highest BCUT2D eigenvalue weighted by Crippen LogP contribution is 2.24. The second-order valence-electron chi connectivity index (χ2n) is 7.35. The summed E-state index contributed by atoms with van der Waals surface area (Å²) in [5, 5.41) is 0. The average molecular weight is 317 g/mol. The fourth-order valence-corrected chi connectivity index (χ4v) is 3.32. The van der Waals surface area contributed by atoms with Crippen LogP contribution in [0.2, 0.25) is 0 Å². The van der Waals surface area contributed by atoms with E-state index in [9.17, 15) is 4.79 Å². The zero-order chi connectivity index (χ0) is 16.4. The molecule has 0 atom stereocenters. The molecule has 1 fully saturated rings. The van der Waals surface area contributed by atoms with E-state index in [0.717, 1.165) is 50.1 Å². The number of imidazole rings is 1. The number of nitrogens with one attached hydrogen (secondary N) is 1. The smallest absolute Gasteiger partial charge is 0.326 e. The molecule has 0 bridgehead atoms. The molecule has 2 aromatic rings. The van der Waals surface area contributed by atoms with Crippen molar-refractivity contribution in [2.45, 2.75) is 45.3 Å². The summed E-state index contributed by atoms with van der Waals surface area (Å²) >= 11 is 0. The lowest BCUT2D eigenvalue weighted by atomic mass is 10.0. The number of ether oxygens (including phenoxy) is 1. The molecule has 1 aromatic carbocycles. The van der Waals surface area contributed by atoms with Gasteiger partial charge >= 0.3 is 5.69 Å². The lowest BCUT2D eigenvalue weighted by Gasteiger charge is -2.33. The monoisotopic (exact) mass is 317 g/mol. The summed E-state index contributed by atoms with van der Waals surface area (Å²) in [6.45, 7) is 10.0. The first-order valence-electron chi connectivity index (χ1n) is 8.49. The molecule has 1 aliphatic rings. The van der Waals surface area contributed by atoms with Gasteiger partial charge in [0.25, 0.3) is 0 Å². The Bertz CT molecular complexity index is 703. The molecule has 0 unspecified atom stereocenters. The van der Waals surface area contributed by atoms with Crippen molar-refractivity contribution in [1.82, 2.24) is 14.5 Å². The second-order valence-corrected chi connectivity index (χ2v) is 7.35. The van der Waals surface area contributed by atoms with Crippen molar-refractivity contribution in [3.05, 3.63) is 34.7 Å². The van der Waals surface area contributed by atoms with Crippen molar-refractivity contribution in [2.24, 2.45) is 0 Å². The maximum absolute atomic E-state index is 12.3. The van der Waals surface area contributed by atoms with Crippen LogP contribution >= 0.6 is 0 Å². The lowest BCUT2D eigenvalue weighted by molar-refractivity contribution is -0.0159. The summed E-state index contributed by atoms with van der Waals surface area (Å²) in [6.07, 6.45) is 2.02. The van der Waals surface area contributed by atoms with Gasteiger partial charge in [-0.15, -0.1) is 0 Å². The number of rotatable bonds is 4. The van der Waals surface area contributed by atoms with E-state index in [0.29, 0.717) is 6.04 Å². The molecular formula is C18H27N3O2. The van der Waals surface area contributed by atoms with Gasteiger partial charge in [-0.1, -0.05) is 12.1 Å². The molecule has 5 heteroatoms. The first-order valence-corrected chi connectivity index (χ1v) is 8.49. The van der Waals surface area contributed by atoms with Crippen molar-refractivity contribution in [3.8, 4) is 0 Å². The van der Waals surface area contributed by atoms with Gasteiger partial charge in [0.1, 0.15) is 0 Å². The third-order valence-electron chi connectivity index (χ3n) is 4.49. The van der Waals surface area contributed by atoms with Crippen LogP contribution in [0, 0.1) is 0 Å². The Balaban J connectivity index is 1.60. The number of nitrogens with zero attached hydrogens (tertiary/aromatic N) is 2. The van der Waals surface area contributed by atoms with Crippen molar-refractivity contribution in [3.63, 3.8) is 0 Å². The summed E-state index contributed by atoms with van der Waals surface area (Å²) in [5.41, 5.74) is 1.89. The van der Waals surface area contributed by atoms with Gasteiger partial charge in [0, 0.05) is 25.7 Å². The third-order valence-corrected chi connectivity index (χ3v) is 4.49. The summed E-state index contributed by atoms with van der Waals surface area (Å²) in [6, 6.07) is 8.23. The number of hydrogen-bond donors (Lipinski definition) is 1. The van der Waals surface area contributed by atoms with Gasteiger partial charge in [0.2, 0.25) is 0 Å². The van der Waals surface area contributed by atoms with Gasteiger partial charge < -0.3 is 14.6 Å². The number of H-pyrrole nitrogens is 1. The molecule has 1 saturated heterocycles.